The molecule has 58 valence electrons. The Morgan fingerprint density at radius 3 is 2.55 bits per heavy atom. The Morgan fingerprint density at radius 2 is 2.00 bits per heavy atom. The number of amides is 1. The first kappa shape index (κ1) is 7.75. The fraction of sp³-hybridized carbons (Fsp3) is 0.125. The lowest BCUT2D eigenvalue weighted by molar-refractivity contribution is 0.0910. The van der Waals surface area contributed by atoms with Crippen LogP contribution in [0, 0.1) is 0 Å². The minimum Gasteiger partial charge on any atom is -0.376 e. The number of benzene rings is 1. The normalized spacial score (nSPS) is 9.18. The number of carbonyl (C=O) groups is 1. The van der Waals surface area contributed by atoms with Crippen LogP contribution in [-0.2, 0) is 0 Å². The van der Waals surface area contributed by atoms with Crippen molar-refractivity contribution in [2.45, 2.75) is 0 Å². The lowest BCUT2D eigenvalue weighted by atomic mass is 10.2. The third kappa shape index (κ3) is 2.05. The molecule has 1 amide bonds. The Labute approximate surface area is 64.7 Å². The second kappa shape index (κ2) is 3.73. The monoisotopic (exact) mass is 153 g/mol. The van der Waals surface area contributed by atoms with Gasteiger partial charge in [-0.1, -0.05) is 18.2 Å². The van der Waals surface area contributed by atoms with Crippen LogP contribution in [0.1, 0.15) is 10.4 Å². The number of hydrogen-bond acceptors (Lipinski definition) is 2. The van der Waals surface area contributed by atoms with E-state index in [0.29, 0.717) is 5.56 Å². The van der Waals surface area contributed by atoms with Crippen molar-refractivity contribution in [3.05, 3.63) is 35.9 Å². The van der Waals surface area contributed by atoms with Crippen molar-refractivity contribution in [3.63, 3.8) is 0 Å². The van der Waals surface area contributed by atoms with Gasteiger partial charge in [0.15, 0.2) is 0 Å². The van der Waals surface area contributed by atoms with E-state index in [0.717, 1.165) is 0 Å². The van der Waals surface area contributed by atoms with E-state index < -0.39 is 0 Å². The highest BCUT2D eigenvalue weighted by atomic mass is 16.4. The molecule has 1 rings (SSSR count). The number of aliphatic hydroxyl groups excluding tert-OH is 1. The van der Waals surface area contributed by atoms with Crippen LogP contribution in [0.5, 0.6) is 0 Å². The predicted molar refractivity (Wildman–Crippen MR) is 41.0 cm³/mol. The standard InChI is InChI=1S/C8H9NO2/c10-6-9-8(11)7-4-2-1-3-5-7/h1-5,10H,6H2,(H,9,11)/i6+1,9+1. The Bertz CT molecular complexity index is 233. The van der Waals surface area contributed by atoms with Crippen LogP contribution in [0.25, 0.3) is 0 Å². The summed E-state index contributed by atoms with van der Waals surface area (Å²) in [6.07, 6.45) is 0. The maximum atomic E-state index is 11.0. The molecule has 0 unspecified atom stereocenters. The van der Waals surface area contributed by atoms with Gasteiger partial charge in [-0.05, 0) is 12.1 Å². The van der Waals surface area contributed by atoms with Gasteiger partial charge in [-0.25, -0.2) is 0 Å². The van der Waals surface area contributed by atoms with Gasteiger partial charge < -0.3 is 10.4 Å². The van der Waals surface area contributed by atoms with Gasteiger partial charge in [0.25, 0.3) is 5.91 Å². The molecule has 1 aromatic carbocycles. The molecule has 0 spiro atoms. The van der Waals surface area contributed by atoms with E-state index in [2.05, 4.69) is 5.32 Å². The quantitative estimate of drug-likeness (QED) is 0.366. The van der Waals surface area contributed by atoms with Crippen LogP contribution in [0.15, 0.2) is 30.3 Å². The van der Waals surface area contributed by atoms with Gasteiger partial charge in [-0.2, -0.15) is 0 Å². The minimum atomic E-state index is -0.326. The largest absolute Gasteiger partial charge is 0.376 e. The molecule has 0 saturated heterocycles. The van der Waals surface area contributed by atoms with Crippen molar-refractivity contribution in [1.29, 1.82) is 0 Å². The fourth-order valence-electron chi connectivity index (χ4n) is 0.763. The Balaban J connectivity index is 2.69. The molecular formula is C8H9NO2. The lowest BCUT2D eigenvalue weighted by Gasteiger charge is -1.99. The van der Waals surface area contributed by atoms with Gasteiger partial charge in [0.05, 0.1) is 0 Å². The lowest BCUT2D eigenvalue weighted by Crippen LogP contribution is -2.23. The summed E-state index contributed by atoms with van der Waals surface area (Å²) in [4.78, 5) is 11.0. The van der Waals surface area contributed by atoms with Crippen molar-refractivity contribution >= 4 is 5.91 Å². The molecule has 0 saturated carbocycles. The summed E-state index contributed by atoms with van der Waals surface area (Å²) < 4.78 is 0. The third-order valence-electron chi connectivity index (χ3n) is 1.28. The molecule has 0 radical (unpaired) electrons. The average Bonchev–Trinajstić information content (AvgIpc) is 2.07. The summed E-state index contributed by atoms with van der Waals surface area (Å²) in [6.45, 7) is -0.326. The summed E-state index contributed by atoms with van der Waals surface area (Å²) in [5.74, 6) is -0.256. The van der Waals surface area contributed by atoms with Crippen LogP contribution >= 0.6 is 0 Å². The maximum absolute atomic E-state index is 11.0. The molecule has 0 aliphatic rings. The first-order valence-corrected chi connectivity index (χ1v) is 3.28. The molecular weight excluding hydrogens is 144 g/mol. The molecule has 3 heteroatoms. The van der Waals surface area contributed by atoms with E-state index in [-0.39, 0.29) is 12.6 Å². The summed E-state index contributed by atoms with van der Waals surface area (Å²) in [5, 5.41) is 10.6. The molecule has 2 N–H and O–H groups in total. The van der Waals surface area contributed by atoms with Gasteiger partial charge in [-0.3, -0.25) is 4.79 Å². The van der Waals surface area contributed by atoms with Crippen LogP contribution in [0.4, 0.5) is 0 Å². The van der Waals surface area contributed by atoms with Crippen molar-refractivity contribution < 1.29 is 9.90 Å². The summed E-state index contributed by atoms with van der Waals surface area (Å²) in [7, 11) is 0. The highest BCUT2D eigenvalue weighted by Gasteiger charge is 2.00. The van der Waals surface area contributed by atoms with E-state index in [1.807, 2.05) is 6.07 Å². The molecule has 0 atom stereocenters. The molecule has 11 heavy (non-hydrogen) atoms. The highest BCUT2D eigenvalue weighted by Crippen LogP contribution is 1.96. The maximum Gasteiger partial charge on any atom is 0.253 e. The van der Waals surface area contributed by atoms with E-state index in [9.17, 15) is 4.79 Å². The topological polar surface area (TPSA) is 49.3 Å². The van der Waals surface area contributed by atoms with E-state index in [1.165, 1.54) is 0 Å². The highest BCUT2D eigenvalue weighted by molar-refractivity contribution is 5.93. The van der Waals surface area contributed by atoms with Crippen LogP contribution in [-0.4, -0.2) is 17.7 Å². The number of rotatable bonds is 2. The third-order valence-corrected chi connectivity index (χ3v) is 1.28. The number of hydrogen-bond donors (Lipinski definition) is 2. The molecule has 0 aromatic heterocycles. The molecule has 0 heterocycles. The smallest absolute Gasteiger partial charge is 0.253 e. The summed E-state index contributed by atoms with van der Waals surface area (Å²) >= 11 is 0. The second-order valence-corrected chi connectivity index (χ2v) is 2.03. The zero-order chi connectivity index (χ0) is 8.10. The van der Waals surface area contributed by atoms with Gasteiger partial charge in [-0.15, -0.1) is 0 Å². The first-order chi connectivity index (χ1) is 5.34. The van der Waals surface area contributed by atoms with Crippen LogP contribution < -0.4 is 5.32 Å². The fourth-order valence-corrected chi connectivity index (χ4v) is 0.763. The van der Waals surface area contributed by atoms with Gasteiger partial charge in [0, 0.05) is 5.56 Å². The van der Waals surface area contributed by atoms with Crippen molar-refractivity contribution in [2.75, 3.05) is 6.73 Å². The van der Waals surface area contributed by atoms with Crippen molar-refractivity contribution in [2.24, 2.45) is 0 Å². The number of carbonyl (C=O) groups excluding carboxylic acids is 1. The number of aliphatic hydroxyl groups is 1. The predicted octanol–water partition coefficient (Wildman–Crippen LogP) is 0.366. The molecule has 0 aliphatic carbocycles. The zero-order valence-electron chi connectivity index (χ0n) is 5.95. The SMILES string of the molecule is O=C([15NH][13CH2]O)c1ccccc1. The van der Waals surface area contributed by atoms with Crippen LogP contribution in [0.2, 0.25) is 0 Å². The zero-order valence-corrected chi connectivity index (χ0v) is 5.95. The summed E-state index contributed by atoms with van der Waals surface area (Å²) in [5.41, 5.74) is 0.557. The van der Waals surface area contributed by atoms with Crippen molar-refractivity contribution in [1.82, 2.24) is 5.32 Å². The molecule has 0 fully saturated rings. The van der Waals surface area contributed by atoms with Gasteiger partial charge in [0.2, 0.25) is 0 Å². The minimum absolute atomic E-state index is 0.256. The average molecular weight is 153 g/mol. The van der Waals surface area contributed by atoms with Gasteiger partial charge >= 0.3 is 0 Å². The second-order valence-electron chi connectivity index (χ2n) is 2.03. The molecule has 1 aromatic rings. The van der Waals surface area contributed by atoms with Crippen molar-refractivity contribution in [3.8, 4) is 0 Å². The summed E-state index contributed by atoms with van der Waals surface area (Å²) in [6, 6.07) is 8.74. The first-order valence-electron chi connectivity index (χ1n) is 3.28. The Kier molecular flexibility index (Phi) is 2.63. The molecule has 0 bridgehead atoms. The van der Waals surface area contributed by atoms with Crippen LogP contribution in [0.3, 0.4) is 0 Å². The molecule has 3 nitrogen and oxygen atoms in total. The Morgan fingerprint density at radius 1 is 1.36 bits per heavy atom. The molecule has 0 aliphatic heterocycles. The Hall–Kier alpha value is -1.35. The van der Waals surface area contributed by atoms with E-state index >= 15 is 0 Å². The van der Waals surface area contributed by atoms with Gasteiger partial charge in [0.1, 0.15) is 6.73 Å². The van der Waals surface area contributed by atoms with E-state index in [4.69, 9.17) is 5.11 Å². The number of nitrogens with one attached hydrogen (secondary N) is 1. The van der Waals surface area contributed by atoms with E-state index in [1.54, 1.807) is 24.3 Å².